The first-order valence-corrected chi connectivity index (χ1v) is 6.64. The summed E-state index contributed by atoms with van der Waals surface area (Å²) in [5, 5.41) is 23.7. The highest BCUT2D eigenvalue weighted by atomic mass is 16.6. The van der Waals surface area contributed by atoms with Crippen LogP contribution in [-0.2, 0) is 4.74 Å². The third-order valence-corrected chi connectivity index (χ3v) is 3.72. The van der Waals surface area contributed by atoms with Gasteiger partial charge in [-0.1, -0.05) is 6.07 Å². The molecule has 3 rings (SSSR count). The van der Waals surface area contributed by atoms with Crippen LogP contribution in [0.5, 0.6) is 0 Å². The highest BCUT2D eigenvalue weighted by Gasteiger charge is 2.33. The second-order valence-corrected chi connectivity index (χ2v) is 5.08. The van der Waals surface area contributed by atoms with Crippen LogP contribution < -0.4 is 5.32 Å². The lowest BCUT2D eigenvalue weighted by Gasteiger charge is -2.35. The highest BCUT2D eigenvalue weighted by molar-refractivity contribution is 5.84. The van der Waals surface area contributed by atoms with Crippen molar-refractivity contribution in [1.29, 1.82) is 0 Å². The van der Waals surface area contributed by atoms with Crippen LogP contribution in [0.4, 0.5) is 11.7 Å². The monoisotopic (exact) mass is 293 g/mol. The molecule has 0 radical (unpaired) electrons. The van der Waals surface area contributed by atoms with E-state index in [1.165, 1.54) is 6.07 Å². The first-order valence-electron chi connectivity index (χ1n) is 6.64. The molecule has 2 N–H and O–H groups in total. The Bertz CT molecular complexity index is 663. The number of nitro benzene ring substituents is 1. The van der Waals surface area contributed by atoms with Crippen LogP contribution in [0.3, 0.4) is 0 Å². The SMILES string of the molecule is O=[N+]([O-])c1cccc2oc(NC3(CO)CCOCC3)nc12. The number of aromatic nitrogens is 1. The van der Waals surface area contributed by atoms with Gasteiger partial charge in [0.15, 0.2) is 11.1 Å². The summed E-state index contributed by atoms with van der Waals surface area (Å²) in [5.41, 5.74) is -0.125. The van der Waals surface area contributed by atoms with Crippen LogP contribution in [0, 0.1) is 10.1 Å². The summed E-state index contributed by atoms with van der Waals surface area (Å²) in [6.45, 7) is 0.985. The number of hydrogen-bond donors (Lipinski definition) is 2. The van der Waals surface area contributed by atoms with Crippen LogP contribution in [0.1, 0.15) is 12.8 Å². The van der Waals surface area contributed by atoms with Crippen molar-refractivity contribution < 1.29 is 19.2 Å². The number of hydrogen-bond acceptors (Lipinski definition) is 7. The van der Waals surface area contributed by atoms with Gasteiger partial charge < -0.3 is 19.6 Å². The Morgan fingerprint density at radius 1 is 1.43 bits per heavy atom. The van der Waals surface area contributed by atoms with E-state index in [0.29, 0.717) is 31.6 Å². The number of nitro groups is 1. The molecule has 8 nitrogen and oxygen atoms in total. The molecule has 0 bridgehead atoms. The van der Waals surface area contributed by atoms with Gasteiger partial charge in [-0.25, -0.2) is 0 Å². The Morgan fingerprint density at radius 3 is 2.86 bits per heavy atom. The van der Waals surface area contributed by atoms with Crippen molar-refractivity contribution in [2.45, 2.75) is 18.4 Å². The molecule has 1 fully saturated rings. The predicted octanol–water partition coefficient (Wildman–Crippen LogP) is 1.69. The number of aliphatic hydroxyl groups is 1. The molecule has 2 heterocycles. The van der Waals surface area contributed by atoms with E-state index < -0.39 is 10.5 Å². The molecule has 1 aliphatic rings. The summed E-state index contributed by atoms with van der Waals surface area (Å²) in [5.74, 6) is 0. The number of nitrogens with one attached hydrogen (secondary N) is 1. The Hall–Kier alpha value is -2.19. The lowest BCUT2D eigenvalue weighted by atomic mass is 9.91. The van der Waals surface area contributed by atoms with Gasteiger partial charge in [0.05, 0.1) is 17.1 Å². The molecule has 0 spiro atoms. The third-order valence-electron chi connectivity index (χ3n) is 3.72. The lowest BCUT2D eigenvalue weighted by Crippen LogP contribution is -2.47. The van der Waals surface area contributed by atoms with Gasteiger partial charge in [-0.2, -0.15) is 4.98 Å². The Morgan fingerprint density at radius 2 is 2.19 bits per heavy atom. The molecule has 0 amide bonds. The van der Waals surface area contributed by atoms with Gasteiger partial charge in [0.25, 0.3) is 11.7 Å². The van der Waals surface area contributed by atoms with E-state index in [1.54, 1.807) is 12.1 Å². The zero-order valence-corrected chi connectivity index (χ0v) is 11.2. The summed E-state index contributed by atoms with van der Waals surface area (Å²) >= 11 is 0. The van der Waals surface area contributed by atoms with Crippen molar-refractivity contribution in [3.8, 4) is 0 Å². The minimum atomic E-state index is -0.562. The second-order valence-electron chi connectivity index (χ2n) is 5.08. The minimum absolute atomic E-state index is 0.0861. The molecule has 0 unspecified atom stereocenters. The maximum Gasteiger partial charge on any atom is 0.298 e. The van der Waals surface area contributed by atoms with Crippen molar-refractivity contribution in [2.75, 3.05) is 25.1 Å². The lowest BCUT2D eigenvalue weighted by molar-refractivity contribution is -0.383. The zero-order valence-electron chi connectivity index (χ0n) is 11.2. The molecule has 1 saturated heterocycles. The zero-order chi connectivity index (χ0) is 14.9. The molecule has 0 atom stereocenters. The number of oxazole rings is 1. The van der Waals surface area contributed by atoms with Gasteiger partial charge in [-0.3, -0.25) is 10.1 Å². The average Bonchev–Trinajstić information content (AvgIpc) is 2.89. The van der Waals surface area contributed by atoms with E-state index in [9.17, 15) is 15.2 Å². The van der Waals surface area contributed by atoms with Crippen LogP contribution in [-0.4, -0.2) is 40.4 Å². The largest absolute Gasteiger partial charge is 0.423 e. The first-order chi connectivity index (χ1) is 10.1. The number of rotatable bonds is 4. The fourth-order valence-corrected chi connectivity index (χ4v) is 2.45. The van der Waals surface area contributed by atoms with Crippen LogP contribution >= 0.6 is 0 Å². The van der Waals surface area contributed by atoms with Gasteiger partial charge >= 0.3 is 0 Å². The Labute approximate surface area is 119 Å². The summed E-state index contributed by atoms with van der Waals surface area (Å²) in [7, 11) is 0. The van der Waals surface area contributed by atoms with Crippen LogP contribution in [0.15, 0.2) is 22.6 Å². The maximum absolute atomic E-state index is 11.0. The molecular weight excluding hydrogens is 278 g/mol. The van der Waals surface area contributed by atoms with Gasteiger partial charge in [0, 0.05) is 19.3 Å². The van der Waals surface area contributed by atoms with Crippen LogP contribution in [0.25, 0.3) is 11.1 Å². The molecule has 21 heavy (non-hydrogen) atoms. The molecule has 1 aromatic carbocycles. The number of aliphatic hydroxyl groups excluding tert-OH is 1. The Balaban J connectivity index is 1.94. The summed E-state index contributed by atoms with van der Waals surface area (Å²) in [4.78, 5) is 14.6. The van der Waals surface area contributed by atoms with Crippen molar-refractivity contribution in [3.63, 3.8) is 0 Å². The number of ether oxygens (including phenoxy) is 1. The average molecular weight is 293 g/mol. The molecule has 2 aromatic rings. The molecule has 112 valence electrons. The fraction of sp³-hybridized carbons (Fsp3) is 0.462. The number of anilines is 1. The van der Waals surface area contributed by atoms with Crippen LogP contribution in [0.2, 0.25) is 0 Å². The van der Waals surface area contributed by atoms with E-state index in [-0.39, 0.29) is 23.8 Å². The Kier molecular flexibility index (Phi) is 3.48. The molecule has 0 saturated carbocycles. The maximum atomic E-state index is 11.0. The molecular formula is C13H15N3O5. The van der Waals surface area contributed by atoms with Crippen molar-refractivity contribution >= 4 is 22.8 Å². The summed E-state index contributed by atoms with van der Waals surface area (Å²) in [6, 6.07) is 4.72. The quantitative estimate of drug-likeness (QED) is 0.651. The number of benzene rings is 1. The first kappa shape index (κ1) is 13.8. The van der Waals surface area contributed by atoms with Gasteiger partial charge in [0.1, 0.15) is 0 Å². The number of non-ortho nitro benzene ring substituents is 1. The number of nitrogens with zero attached hydrogens (tertiary/aromatic N) is 2. The van der Waals surface area contributed by atoms with Gasteiger partial charge in [-0.15, -0.1) is 0 Å². The third kappa shape index (κ3) is 2.55. The predicted molar refractivity (Wildman–Crippen MR) is 74.2 cm³/mol. The smallest absolute Gasteiger partial charge is 0.298 e. The highest BCUT2D eigenvalue weighted by Crippen LogP contribution is 2.30. The normalized spacial score (nSPS) is 17.8. The van der Waals surface area contributed by atoms with E-state index in [2.05, 4.69) is 10.3 Å². The van der Waals surface area contributed by atoms with Crippen molar-refractivity contribution in [1.82, 2.24) is 4.98 Å². The summed E-state index contributed by atoms with van der Waals surface area (Å²) in [6.07, 6.45) is 1.23. The van der Waals surface area contributed by atoms with Crippen molar-refractivity contribution in [3.05, 3.63) is 28.3 Å². The second kappa shape index (κ2) is 5.30. The molecule has 1 aliphatic heterocycles. The number of fused-ring (bicyclic) bond motifs is 1. The van der Waals surface area contributed by atoms with Gasteiger partial charge in [0.2, 0.25) is 0 Å². The molecule has 0 aliphatic carbocycles. The fourth-order valence-electron chi connectivity index (χ4n) is 2.45. The number of para-hydroxylation sites is 1. The van der Waals surface area contributed by atoms with E-state index in [4.69, 9.17) is 9.15 Å². The van der Waals surface area contributed by atoms with Gasteiger partial charge in [-0.05, 0) is 18.9 Å². The minimum Gasteiger partial charge on any atom is -0.423 e. The topological polar surface area (TPSA) is 111 Å². The van der Waals surface area contributed by atoms with Crippen molar-refractivity contribution in [2.24, 2.45) is 0 Å². The van der Waals surface area contributed by atoms with E-state index >= 15 is 0 Å². The molecule has 8 heteroatoms. The van der Waals surface area contributed by atoms with E-state index in [1.807, 2.05) is 0 Å². The standard InChI is InChI=1S/C13H15N3O5/c17-8-13(4-6-20-7-5-13)15-12-14-11-9(16(18)19)2-1-3-10(11)21-12/h1-3,17H,4-8H2,(H,14,15). The molecule has 1 aromatic heterocycles. The van der Waals surface area contributed by atoms with E-state index in [0.717, 1.165) is 0 Å². The summed E-state index contributed by atoms with van der Waals surface area (Å²) < 4.78 is 10.8.